The lowest BCUT2D eigenvalue weighted by Gasteiger charge is -2.31. The number of likely N-dealkylation sites (tertiary alicyclic amines) is 1. The van der Waals surface area contributed by atoms with Gasteiger partial charge < -0.3 is 9.32 Å². The normalized spacial score (nSPS) is 18.0. The summed E-state index contributed by atoms with van der Waals surface area (Å²) < 4.78 is 43.0. The van der Waals surface area contributed by atoms with Crippen molar-refractivity contribution < 1.29 is 27.2 Å². The van der Waals surface area contributed by atoms with Gasteiger partial charge in [0, 0.05) is 24.6 Å². The quantitative estimate of drug-likeness (QED) is 0.777. The average molecular weight is 366 g/mol. The summed E-state index contributed by atoms with van der Waals surface area (Å²) in [5.74, 6) is -0.893. The largest absolute Gasteiger partial charge is 0.438 e. The maximum absolute atomic E-state index is 12.6. The molecule has 0 radical (unpaired) electrons. The molecule has 3 rings (SSSR count). The van der Waals surface area contributed by atoms with E-state index < -0.39 is 17.7 Å². The predicted molar refractivity (Wildman–Crippen MR) is 85.6 cm³/mol. The molecule has 8 heteroatoms. The molecule has 1 amide bonds. The Morgan fingerprint density at radius 1 is 1.23 bits per heavy atom. The predicted octanol–water partition coefficient (Wildman–Crippen LogP) is 3.74. The third-order valence-electron chi connectivity index (χ3n) is 4.52. The molecule has 1 aromatic carbocycles. The Bertz CT molecular complexity index is 812. The molecule has 0 saturated carbocycles. The highest BCUT2D eigenvalue weighted by molar-refractivity contribution is 5.99. The monoisotopic (exact) mass is 366 g/mol. The number of alkyl halides is 3. The summed E-state index contributed by atoms with van der Waals surface area (Å²) in [7, 11) is 0. The van der Waals surface area contributed by atoms with Crippen LogP contribution in [0.4, 0.5) is 13.2 Å². The first-order valence-corrected chi connectivity index (χ1v) is 8.18. The number of nitrogens with zero attached hydrogens (tertiary/aromatic N) is 2. The van der Waals surface area contributed by atoms with Crippen molar-refractivity contribution in [3.05, 3.63) is 53.2 Å². The van der Waals surface area contributed by atoms with E-state index in [1.165, 1.54) is 23.4 Å². The highest BCUT2D eigenvalue weighted by Crippen LogP contribution is 2.30. The van der Waals surface area contributed by atoms with Gasteiger partial charge in [-0.25, -0.2) is 4.98 Å². The smallest absolute Gasteiger partial charge is 0.416 e. The lowest BCUT2D eigenvalue weighted by atomic mass is 9.89. The van der Waals surface area contributed by atoms with Crippen molar-refractivity contribution in [1.82, 2.24) is 9.88 Å². The van der Waals surface area contributed by atoms with E-state index in [1.807, 2.05) is 0 Å². The molecule has 1 atom stereocenters. The molecule has 2 heterocycles. The molecule has 1 aliphatic heterocycles. The van der Waals surface area contributed by atoms with Gasteiger partial charge in [-0.2, -0.15) is 13.2 Å². The van der Waals surface area contributed by atoms with Gasteiger partial charge in [0.1, 0.15) is 0 Å². The fraction of sp³-hybridized carbons (Fsp3) is 0.389. The fourth-order valence-electron chi connectivity index (χ4n) is 3.09. The van der Waals surface area contributed by atoms with Crippen molar-refractivity contribution in [2.75, 3.05) is 13.1 Å². The van der Waals surface area contributed by atoms with Crippen molar-refractivity contribution in [3.63, 3.8) is 0 Å². The summed E-state index contributed by atoms with van der Waals surface area (Å²) in [6, 6.07) is 4.17. The lowest BCUT2D eigenvalue weighted by molar-refractivity contribution is -0.137. The molecule has 1 aromatic heterocycles. The van der Waals surface area contributed by atoms with Crippen LogP contribution >= 0.6 is 0 Å². The first-order chi connectivity index (χ1) is 12.3. The van der Waals surface area contributed by atoms with Gasteiger partial charge >= 0.3 is 6.18 Å². The summed E-state index contributed by atoms with van der Waals surface area (Å²) in [5, 5.41) is 0. The van der Waals surface area contributed by atoms with E-state index in [0.717, 1.165) is 12.1 Å². The molecule has 1 aliphatic rings. The zero-order chi connectivity index (χ0) is 18.9. The van der Waals surface area contributed by atoms with E-state index in [-0.39, 0.29) is 29.6 Å². The first kappa shape index (κ1) is 18.2. The lowest BCUT2D eigenvalue weighted by Crippen LogP contribution is -2.42. The summed E-state index contributed by atoms with van der Waals surface area (Å²) in [5.41, 5.74) is -0.102. The van der Waals surface area contributed by atoms with E-state index in [0.29, 0.717) is 25.1 Å². The van der Waals surface area contributed by atoms with Crippen LogP contribution in [0.15, 0.2) is 35.1 Å². The molecular formula is C18H17F3N2O3. The third kappa shape index (κ3) is 3.63. The number of oxazole rings is 1. The highest BCUT2D eigenvalue weighted by atomic mass is 19.4. The molecule has 0 spiro atoms. The Hall–Kier alpha value is -2.64. The number of carbonyl (C=O) groups excluding carboxylic acids is 2. The number of Topliss-reactive ketones (excluding diaryl/α,β-unsaturated/α-hetero) is 1. The molecule has 0 aliphatic carbocycles. The summed E-state index contributed by atoms with van der Waals surface area (Å²) in [6.45, 7) is 2.36. The molecule has 0 unspecified atom stereocenters. The van der Waals surface area contributed by atoms with Crippen molar-refractivity contribution >= 4 is 11.7 Å². The van der Waals surface area contributed by atoms with E-state index in [2.05, 4.69) is 4.98 Å². The van der Waals surface area contributed by atoms with Crippen LogP contribution in [-0.4, -0.2) is 34.7 Å². The van der Waals surface area contributed by atoms with Gasteiger partial charge in [0.2, 0.25) is 5.76 Å². The van der Waals surface area contributed by atoms with Gasteiger partial charge in [-0.3, -0.25) is 9.59 Å². The second-order valence-corrected chi connectivity index (χ2v) is 6.30. The van der Waals surface area contributed by atoms with Crippen LogP contribution in [0.25, 0.3) is 0 Å². The highest BCUT2D eigenvalue weighted by Gasteiger charge is 2.33. The van der Waals surface area contributed by atoms with E-state index >= 15 is 0 Å². The number of ketones is 1. The van der Waals surface area contributed by atoms with Gasteiger partial charge in [0.25, 0.3) is 5.91 Å². The Morgan fingerprint density at radius 2 is 1.92 bits per heavy atom. The third-order valence-corrected chi connectivity index (χ3v) is 4.52. The van der Waals surface area contributed by atoms with Gasteiger partial charge in [0.15, 0.2) is 12.2 Å². The molecule has 0 N–H and O–H groups in total. The maximum atomic E-state index is 12.6. The number of amides is 1. The summed E-state index contributed by atoms with van der Waals surface area (Å²) >= 11 is 0. The minimum absolute atomic E-state index is 0.146. The molecule has 5 nitrogen and oxygen atoms in total. The second-order valence-electron chi connectivity index (χ2n) is 6.30. The summed E-state index contributed by atoms with van der Waals surface area (Å²) in [6.07, 6.45) is -2.03. The van der Waals surface area contributed by atoms with Crippen molar-refractivity contribution in [1.29, 1.82) is 0 Å². The zero-order valence-electron chi connectivity index (χ0n) is 14.0. The Kier molecular flexibility index (Phi) is 4.84. The number of aromatic nitrogens is 1. The van der Waals surface area contributed by atoms with Gasteiger partial charge in [0.05, 0.1) is 11.3 Å². The van der Waals surface area contributed by atoms with E-state index in [4.69, 9.17) is 4.42 Å². The van der Waals surface area contributed by atoms with Crippen LogP contribution in [0.2, 0.25) is 0 Å². The number of carbonyl (C=O) groups is 2. The number of hydrogen-bond donors (Lipinski definition) is 0. The molecule has 138 valence electrons. The van der Waals surface area contributed by atoms with Crippen molar-refractivity contribution in [3.8, 4) is 0 Å². The molecule has 2 aromatic rings. The van der Waals surface area contributed by atoms with E-state index in [1.54, 1.807) is 6.92 Å². The molecule has 26 heavy (non-hydrogen) atoms. The minimum atomic E-state index is -4.44. The van der Waals surface area contributed by atoms with Crippen molar-refractivity contribution in [2.45, 2.75) is 25.9 Å². The Labute approximate surface area is 147 Å². The molecule has 1 saturated heterocycles. The fourth-order valence-corrected chi connectivity index (χ4v) is 3.09. The standard InChI is InChI=1S/C18H17F3N2O3/c1-11-16(26-10-22-11)17(25)23-8-2-3-13(9-23)15(24)12-4-6-14(7-5-12)18(19,20)21/h4-7,10,13H,2-3,8-9H2,1H3/t13-/m1/s1. The Balaban J connectivity index is 1.72. The van der Waals surface area contributed by atoms with Crippen LogP contribution in [0.1, 0.15) is 45.0 Å². The van der Waals surface area contributed by atoms with Crippen LogP contribution in [-0.2, 0) is 6.18 Å². The number of benzene rings is 1. The maximum Gasteiger partial charge on any atom is 0.416 e. The number of aryl methyl sites for hydroxylation is 1. The molecule has 1 fully saturated rings. The van der Waals surface area contributed by atoms with Crippen LogP contribution in [0.3, 0.4) is 0 Å². The van der Waals surface area contributed by atoms with Gasteiger partial charge in [-0.1, -0.05) is 12.1 Å². The van der Waals surface area contributed by atoms with E-state index in [9.17, 15) is 22.8 Å². The van der Waals surface area contributed by atoms with Crippen LogP contribution < -0.4 is 0 Å². The Morgan fingerprint density at radius 3 is 2.50 bits per heavy atom. The van der Waals surface area contributed by atoms with Gasteiger partial charge in [-0.15, -0.1) is 0 Å². The number of hydrogen-bond acceptors (Lipinski definition) is 4. The summed E-state index contributed by atoms with van der Waals surface area (Å²) in [4.78, 5) is 30.5. The van der Waals surface area contributed by atoms with Crippen LogP contribution in [0.5, 0.6) is 0 Å². The number of halogens is 3. The first-order valence-electron chi connectivity index (χ1n) is 8.18. The van der Waals surface area contributed by atoms with Crippen LogP contribution in [0, 0.1) is 12.8 Å². The second kappa shape index (κ2) is 6.93. The molecule has 0 bridgehead atoms. The average Bonchev–Trinajstić information content (AvgIpc) is 3.06. The van der Waals surface area contributed by atoms with Gasteiger partial charge in [-0.05, 0) is 31.9 Å². The number of rotatable bonds is 3. The molecular weight excluding hydrogens is 349 g/mol. The minimum Gasteiger partial charge on any atom is -0.438 e. The number of piperidine rings is 1. The van der Waals surface area contributed by atoms with Crippen molar-refractivity contribution in [2.24, 2.45) is 5.92 Å². The SMILES string of the molecule is Cc1ncoc1C(=O)N1CCC[C@@H](C(=O)c2ccc(C(F)(F)F)cc2)C1. The topological polar surface area (TPSA) is 63.4 Å². The zero-order valence-corrected chi connectivity index (χ0v) is 14.0.